The molecule has 1 aromatic heterocycles. The van der Waals surface area contributed by atoms with E-state index >= 15 is 0 Å². The summed E-state index contributed by atoms with van der Waals surface area (Å²) in [5.74, 6) is 1.42. The van der Waals surface area contributed by atoms with Gasteiger partial charge in [-0.15, -0.1) is 0 Å². The third-order valence-corrected chi connectivity index (χ3v) is 8.35. The number of methoxy groups -OCH3 is 1. The van der Waals surface area contributed by atoms with Crippen LogP contribution in [0.4, 0.5) is 0 Å². The number of aliphatic hydroxyl groups is 1. The fourth-order valence-electron chi connectivity index (χ4n) is 7.05. The first-order valence-electron chi connectivity index (χ1n) is 10.9. The van der Waals surface area contributed by atoms with Crippen molar-refractivity contribution < 1.29 is 19.7 Å². The third-order valence-electron chi connectivity index (χ3n) is 8.35. The lowest BCUT2D eigenvalue weighted by Crippen LogP contribution is -2.74. The van der Waals surface area contributed by atoms with Gasteiger partial charge in [0.15, 0.2) is 17.6 Å². The van der Waals surface area contributed by atoms with Crippen LogP contribution in [-0.4, -0.2) is 52.4 Å². The number of likely N-dealkylation sites (tertiary alicyclic amines) is 1. The predicted octanol–water partition coefficient (Wildman–Crippen LogP) is 2.87. The fraction of sp³-hybridized carbons (Fsp3) is 0.400. The van der Waals surface area contributed by atoms with Gasteiger partial charge in [0.25, 0.3) is 0 Å². The van der Waals surface area contributed by atoms with E-state index in [0.29, 0.717) is 12.2 Å². The second-order valence-electron chi connectivity index (χ2n) is 9.49. The third kappa shape index (κ3) is 1.82. The first-order valence-corrected chi connectivity index (χ1v) is 10.9. The Morgan fingerprint density at radius 1 is 1.23 bits per heavy atom. The molecule has 1 spiro atoms. The fourth-order valence-corrected chi connectivity index (χ4v) is 7.05. The maximum Gasteiger partial charge on any atom is 0.166 e. The van der Waals surface area contributed by atoms with Crippen LogP contribution in [-0.2, 0) is 18.3 Å². The summed E-state index contributed by atoms with van der Waals surface area (Å²) in [7, 11) is 3.77. The van der Waals surface area contributed by atoms with Crippen LogP contribution >= 0.6 is 0 Å². The number of aromatic nitrogens is 1. The number of likely N-dealkylation sites (N-methyl/N-ethyl adjacent to an activating group) is 1. The van der Waals surface area contributed by atoms with Gasteiger partial charge in [-0.3, -0.25) is 0 Å². The monoisotopic (exact) mass is 416 g/mol. The maximum absolute atomic E-state index is 12.5. The number of hydrogen-bond donors (Lipinski definition) is 2. The molecule has 0 saturated carbocycles. The minimum Gasteiger partial charge on any atom is -0.504 e. The van der Waals surface area contributed by atoms with Gasteiger partial charge >= 0.3 is 0 Å². The van der Waals surface area contributed by atoms with Gasteiger partial charge in [0.05, 0.1) is 29.3 Å². The first kappa shape index (κ1) is 17.8. The van der Waals surface area contributed by atoms with Crippen LogP contribution in [0, 0.1) is 0 Å². The average molecular weight is 416 g/mol. The molecule has 1 saturated heterocycles. The molecule has 1 fully saturated rings. The van der Waals surface area contributed by atoms with Crippen molar-refractivity contribution in [2.75, 3.05) is 20.7 Å². The molecule has 0 amide bonds. The summed E-state index contributed by atoms with van der Waals surface area (Å²) >= 11 is 0. The molecule has 6 heteroatoms. The number of rotatable bonds is 1. The largest absolute Gasteiger partial charge is 0.504 e. The molecule has 7 rings (SSSR count). The Hall–Kier alpha value is -2.83. The number of para-hydroxylation sites is 1. The highest BCUT2D eigenvalue weighted by Gasteiger charge is 2.72. The van der Waals surface area contributed by atoms with Crippen molar-refractivity contribution in [1.29, 1.82) is 0 Å². The standard InChI is InChI=1S/C25H24N2O4/c1-27-10-9-24-19-13-7-8-17(28)22(19)31-23(24)20-15(12-25(24,29)18(27)11-13)21(30-2)14-5-3-4-6-16(14)26-20/h3-8,18,23,28-29H,9-12H2,1-2H3/t18-,23?,24-,25?/m0/s1. The molecule has 3 aromatic rings. The van der Waals surface area contributed by atoms with Crippen LogP contribution in [0.15, 0.2) is 36.4 Å². The number of ether oxygens (including phenoxy) is 2. The van der Waals surface area contributed by atoms with E-state index in [4.69, 9.17) is 14.5 Å². The highest BCUT2D eigenvalue weighted by Crippen LogP contribution is 2.69. The SMILES string of the molecule is COc1c2c(nc3ccccc13)C1Oc3c(O)ccc4c3[C@@]13CCN(C)[C@@H](C4)C3(O)C2. The summed E-state index contributed by atoms with van der Waals surface area (Å²) in [6.07, 6.45) is 1.47. The zero-order valence-electron chi connectivity index (χ0n) is 17.6. The second kappa shape index (κ2) is 5.50. The summed E-state index contributed by atoms with van der Waals surface area (Å²) < 4.78 is 12.4. The minimum atomic E-state index is -1.04. The topological polar surface area (TPSA) is 75.0 Å². The zero-order valence-corrected chi connectivity index (χ0v) is 17.6. The molecule has 6 nitrogen and oxygen atoms in total. The second-order valence-corrected chi connectivity index (χ2v) is 9.49. The number of aromatic hydroxyl groups is 1. The van der Waals surface area contributed by atoms with Crippen LogP contribution in [0.1, 0.15) is 34.9 Å². The van der Waals surface area contributed by atoms with E-state index < -0.39 is 17.1 Å². The van der Waals surface area contributed by atoms with E-state index in [1.165, 1.54) is 0 Å². The van der Waals surface area contributed by atoms with E-state index in [-0.39, 0.29) is 11.8 Å². The van der Waals surface area contributed by atoms with Crippen LogP contribution < -0.4 is 9.47 Å². The molecule has 2 aliphatic heterocycles. The normalized spacial score (nSPS) is 32.4. The molecule has 31 heavy (non-hydrogen) atoms. The summed E-state index contributed by atoms with van der Waals surface area (Å²) in [6.45, 7) is 0.863. The summed E-state index contributed by atoms with van der Waals surface area (Å²) in [4.78, 5) is 7.33. The number of benzene rings is 2. The quantitative estimate of drug-likeness (QED) is 0.636. The van der Waals surface area contributed by atoms with Gasteiger partial charge in [-0.2, -0.15) is 0 Å². The van der Waals surface area contributed by atoms with Gasteiger partial charge in [0.1, 0.15) is 5.75 Å². The Bertz CT molecular complexity index is 1290. The van der Waals surface area contributed by atoms with Crippen molar-refractivity contribution >= 4 is 10.9 Å². The Labute approximate surface area is 180 Å². The van der Waals surface area contributed by atoms with E-state index in [0.717, 1.165) is 58.4 Å². The van der Waals surface area contributed by atoms with Crippen LogP contribution in [0.5, 0.6) is 17.2 Å². The van der Waals surface area contributed by atoms with Gasteiger partial charge in [0, 0.05) is 29.0 Å². The molecule has 3 heterocycles. The number of nitrogens with zero attached hydrogens (tertiary/aromatic N) is 2. The number of phenolic OH excluding ortho intramolecular Hbond substituents is 1. The van der Waals surface area contributed by atoms with Gasteiger partial charge < -0.3 is 24.6 Å². The summed E-state index contributed by atoms with van der Waals surface area (Å²) in [6, 6.07) is 11.6. The van der Waals surface area contributed by atoms with Crippen molar-refractivity contribution in [2.24, 2.45) is 0 Å². The molecular formula is C25H24N2O4. The van der Waals surface area contributed by atoms with Crippen LogP contribution in [0.3, 0.4) is 0 Å². The summed E-state index contributed by atoms with van der Waals surface area (Å²) in [5, 5.41) is 24.2. The zero-order chi connectivity index (χ0) is 21.1. The van der Waals surface area contributed by atoms with Gasteiger partial charge in [-0.1, -0.05) is 18.2 Å². The Balaban J connectivity index is 1.61. The Morgan fingerprint density at radius 3 is 2.90 bits per heavy atom. The van der Waals surface area contributed by atoms with E-state index in [1.54, 1.807) is 13.2 Å². The van der Waals surface area contributed by atoms with Crippen molar-refractivity contribution in [3.63, 3.8) is 0 Å². The molecule has 2 aliphatic carbocycles. The number of phenols is 1. The molecule has 158 valence electrons. The highest BCUT2D eigenvalue weighted by molar-refractivity contribution is 5.87. The van der Waals surface area contributed by atoms with E-state index in [2.05, 4.69) is 11.9 Å². The van der Waals surface area contributed by atoms with Crippen LogP contribution in [0.25, 0.3) is 10.9 Å². The first-order chi connectivity index (χ1) is 15.0. The Morgan fingerprint density at radius 2 is 2.06 bits per heavy atom. The van der Waals surface area contributed by atoms with Crippen LogP contribution in [0.2, 0.25) is 0 Å². The van der Waals surface area contributed by atoms with Crippen molar-refractivity contribution in [1.82, 2.24) is 9.88 Å². The maximum atomic E-state index is 12.5. The number of piperidine rings is 1. The molecule has 2 aromatic carbocycles. The lowest BCUT2D eigenvalue weighted by molar-refractivity contribution is -0.168. The average Bonchev–Trinajstić information content (AvgIpc) is 3.12. The molecule has 2 unspecified atom stereocenters. The number of fused-ring (bicyclic) bond motifs is 3. The van der Waals surface area contributed by atoms with Gasteiger partial charge in [-0.05, 0) is 50.2 Å². The smallest absolute Gasteiger partial charge is 0.166 e. The van der Waals surface area contributed by atoms with E-state index in [9.17, 15) is 10.2 Å². The van der Waals surface area contributed by atoms with Crippen molar-refractivity contribution in [3.8, 4) is 17.2 Å². The van der Waals surface area contributed by atoms with Crippen molar-refractivity contribution in [3.05, 3.63) is 58.8 Å². The lowest BCUT2D eigenvalue weighted by Gasteiger charge is -2.62. The van der Waals surface area contributed by atoms with Gasteiger partial charge in [0.2, 0.25) is 0 Å². The molecule has 2 bridgehead atoms. The molecule has 4 aliphatic rings. The van der Waals surface area contributed by atoms with Gasteiger partial charge in [-0.25, -0.2) is 4.98 Å². The summed E-state index contributed by atoms with van der Waals surface area (Å²) in [5.41, 5.74) is 3.08. The molecule has 2 N–H and O–H groups in total. The number of pyridine rings is 1. The molecule has 4 atom stereocenters. The highest BCUT2D eigenvalue weighted by atomic mass is 16.5. The molecular weight excluding hydrogens is 392 g/mol. The Kier molecular flexibility index (Phi) is 3.16. The van der Waals surface area contributed by atoms with E-state index in [1.807, 2.05) is 30.3 Å². The predicted molar refractivity (Wildman–Crippen MR) is 115 cm³/mol. The van der Waals surface area contributed by atoms with Crippen molar-refractivity contribution in [2.45, 2.75) is 42.4 Å². The lowest BCUT2D eigenvalue weighted by atomic mass is 9.49. The molecule has 0 radical (unpaired) electrons. The number of hydrogen-bond acceptors (Lipinski definition) is 6. The minimum absolute atomic E-state index is 0.0420.